The van der Waals surface area contributed by atoms with Crippen molar-refractivity contribution in [2.45, 2.75) is 53.0 Å². The highest BCUT2D eigenvalue weighted by Gasteiger charge is 2.20. The van der Waals surface area contributed by atoms with Gasteiger partial charge in [-0.1, -0.05) is 5.92 Å². The molecule has 0 radical (unpaired) electrons. The summed E-state index contributed by atoms with van der Waals surface area (Å²) in [6, 6.07) is 0.237. The van der Waals surface area contributed by atoms with Crippen LogP contribution in [0.25, 0.3) is 0 Å². The van der Waals surface area contributed by atoms with E-state index in [9.17, 15) is 4.79 Å². The average molecular weight is 357 g/mol. The number of nitrogens with two attached hydrogens (primary N) is 1. The summed E-state index contributed by atoms with van der Waals surface area (Å²) in [5, 5.41) is 3.11. The number of terminal acetylenes is 1. The monoisotopic (exact) mass is 357 g/mol. The van der Waals surface area contributed by atoms with Gasteiger partial charge in [-0.25, -0.2) is 0 Å². The molecule has 5 nitrogen and oxygen atoms in total. The Morgan fingerprint density at radius 1 is 1.19 bits per heavy atom. The van der Waals surface area contributed by atoms with Crippen LogP contribution in [0.15, 0.2) is 0 Å². The summed E-state index contributed by atoms with van der Waals surface area (Å²) in [7, 11) is 0. The number of carbonyl (C=O) groups excluding carboxylic acids is 1. The molecule has 0 atom stereocenters. The van der Waals surface area contributed by atoms with Crippen molar-refractivity contribution in [3.8, 4) is 18.1 Å². The van der Waals surface area contributed by atoms with E-state index in [0.29, 0.717) is 19.6 Å². The Morgan fingerprint density at radius 2 is 1.77 bits per heavy atom. The maximum atomic E-state index is 12.2. The summed E-state index contributed by atoms with van der Waals surface area (Å²) < 4.78 is 5.95. The van der Waals surface area contributed by atoms with Crippen molar-refractivity contribution in [2.24, 2.45) is 0 Å². The van der Waals surface area contributed by atoms with E-state index >= 15 is 0 Å². The molecule has 5 heteroatoms. The van der Waals surface area contributed by atoms with Gasteiger partial charge in [0.1, 0.15) is 5.75 Å². The van der Waals surface area contributed by atoms with Crippen LogP contribution in [0.3, 0.4) is 0 Å². The van der Waals surface area contributed by atoms with Crippen molar-refractivity contribution >= 4 is 11.6 Å². The average Bonchev–Trinajstić information content (AvgIpc) is 2.63. The fraction of sp³-hybridized carbons (Fsp3) is 0.571. The number of amides is 1. The van der Waals surface area contributed by atoms with E-state index < -0.39 is 0 Å². The zero-order valence-electron chi connectivity index (χ0n) is 16.4. The lowest BCUT2D eigenvalue weighted by Crippen LogP contribution is -2.44. The van der Waals surface area contributed by atoms with Gasteiger partial charge >= 0.3 is 0 Å². The number of piperidine rings is 1. The quantitative estimate of drug-likeness (QED) is 0.606. The molecule has 0 spiro atoms. The second kappa shape index (κ2) is 8.95. The molecule has 1 aliphatic rings. The molecule has 0 bridgehead atoms. The van der Waals surface area contributed by atoms with Crippen LogP contribution in [0.5, 0.6) is 5.75 Å². The van der Waals surface area contributed by atoms with Crippen molar-refractivity contribution in [2.75, 3.05) is 32.0 Å². The van der Waals surface area contributed by atoms with Crippen LogP contribution in [0.1, 0.15) is 41.5 Å². The second-order valence-electron chi connectivity index (χ2n) is 7.16. The minimum atomic E-state index is 0.0413. The number of nitrogens with one attached hydrogen (secondary N) is 1. The van der Waals surface area contributed by atoms with Gasteiger partial charge in [-0.2, -0.15) is 0 Å². The zero-order chi connectivity index (χ0) is 19.3. The summed E-state index contributed by atoms with van der Waals surface area (Å²) >= 11 is 0. The molecule has 26 heavy (non-hydrogen) atoms. The fourth-order valence-electron chi connectivity index (χ4n) is 3.43. The lowest BCUT2D eigenvalue weighted by molar-refractivity contribution is -0.122. The molecule has 1 saturated heterocycles. The van der Waals surface area contributed by atoms with Crippen LogP contribution in [-0.2, 0) is 4.79 Å². The number of hydrogen-bond acceptors (Lipinski definition) is 4. The third-order valence-electron chi connectivity index (χ3n) is 5.46. The van der Waals surface area contributed by atoms with Crippen LogP contribution in [0.2, 0.25) is 0 Å². The first-order valence-electron chi connectivity index (χ1n) is 9.29. The van der Waals surface area contributed by atoms with Gasteiger partial charge in [0, 0.05) is 24.8 Å². The molecule has 1 aliphatic heterocycles. The standard InChI is InChI=1S/C21H31N3O2/c1-6-10-24-11-7-18(8-12-24)23-19(25)9-13-26-21-16(4)14(2)20(22)15(3)17(21)5/h1,18H,7-13,22H2,2-5H3,(H,23,25). The summed E-state index contributed by atoms with van der Waals surface area (Å²) in [6.07, 6.45) is 7.59. The first-order valence-corrected chi connectivity index (χ1v) is 9.29. The molecule has 0 aliphatic carbocycles. The van der Waals surface area contributed by atoms with Gasteiger partial charge in [0.25, 0.3) is 0 Å². The van der Waals surface area contributed by atoms with Gasteiger partial charge in [-0.05, 0) is 62.8 Å². The Morgan fingerprint density at radius 3 is 2.31 bits per heavy atom. The Hall–Kier alpha value is -2.19. The molecule has 0 aromatic heterocycles. The second-order valence-corrected chi connectivity index (χ2v) is 7.16. The van der Waals surface area contributed by atoms with E-state index in [2.05, 4.69) is 16.1 Å². The van der Waals surface area contributed by atoms with E-state index in [1.807, 2.05) is 27.7 Å². The number of benzene rings is 1. The molecule has 142 valence electrons. The van der Waals surface area contributed by atoms with Crippen LogP contribution < -0.4 is 15.8 Å². The molecule has 1 heterocycles. The number of nitrogens with zero attached hydrogens (tertiary/aromatic N) is 1. The lowest BCUT2D eigenvalue weighted by atomic mass is 9.97. The third-order valence-corrected chi connectivity index (χ3v) is 5.46. The first-order chi connectivity index (χ1) is 12.3. The summed E-state index contributed by atoms with van der Waals surface area (Å²) in [6.45, 7) is 11.0. The summed E-state index contributed by atoms with van der Waals surface area (Å²) in [5.41, 5.74) is 11.1. The minimum absolute atomic E-state index is 0.0413. The summed E-state index contributed by atoms with van der Waals surface area (Å²) in [4.78, 5) is 14.4. The number of ether oxygens (including phenoxy) is 1. The third kappa shape index (κ3) is 4.70. The number of hydrogen-bond donors (Lipinski definition) is 2. The predicted octanol–water partition coefficient (Wildman–Crippen LogP) is 2.49. The molecular weight excluding hydrogens is 326 g/mol. The smallest absolute Gasteiger partial charge is 0.223 e. The predicted molar refractivity (Wildman–Crippen MR) is 106 cm³/mol. The Kier molecular flexibility index (Phi) is 6.93. The number of likely N-dealkylation sites (tertiary alicyclic amines) is 1. The lowest BCUT2D eigenvalue weighted by Gasteiger charge is -2.31. The SMILES string of the molecule is C#CCN1CCC(NC(=O)CCOc2c(C)c(C)c(N)c(C)c2C)CC1. The molecule has 1 aromatic rings. The van der Waals surface area contributed by atoms with E-state index in [4.69, 9.17) is 16.9 Å². The molecule has 1 fully saturated rings. The maximum absolute atomic E-state index is 12.2. The van der Waals surface area contributed by atoms with E-state index in [1.54, 1.807) is 0 Å². The fourth-order valence-corrected chi connectivity index (χ4v) is 3.43. The molecular formula is C21H31N3O2. The van der Waals surface area contributed by atoms with Crippen LogP contribution in [-0.4, -0.2) is 43.1 Å². The van der Waals surface area contributed by atoms with Crippen molar-refractivity contribution in [3.05, 3.63) is 22.3 Å². The van der Waals surface area contributed by atoms with Gasteiger partial charge in [-0.15, -0.1) is 6.42 Å². The van der Waals surface area contributed by atoms with Gasteiger partial charge in [0.2, 0.25) is 5.91 Å². The Labute approximate surface area is 157 Å². The van der Waals surface area contributed by atoms with Crippen molar-refractivity contribution < 1.29 is 9.53 Å². The van der Waals surface area contributed by atoms with Gasteiger partial charge in [-0.3, -0.25) is 9.69 Å². The number of carbonyl (C=O) groups is 1. The highest BCUT2D eigenvalue weighted by molar-refractivity contribution is 5.76. The topological polar surface area (TPSA) is 67.6 Å². The van der Waals surface area contributed by atoms with Crippen molar-refractivity contribution in [3.63, 3.8) is 0 Å². The Bertz CT molecular complexity index is 669. The number of anilines is 1. The molecule has 0 saturated carbocycles. The molecule has 1 amide bonds. The van der Waals surface area contributed by atoms with Crippen molar-refractivity contribution in [1.82, 2.24) is 10.2 Å². The molecule has 0 unspecified atom stereocenters. The van der Waals surface area contributed by atoms with Crippen molar-refractivity contribution in [1.29, 1.82) is 0 Å². The highest BCUT2D eigenvalue weighted by atomic mass is 16.5. The van der Waals surface area contributed by atoms with E-state index in [0.717, 1.165) is 59.6 Å². The molecule has 1 aromatic carbocycles. The van der Waals surface area contributed by atoms with Gasteiger partial charge in [0.05, 0.1) is 19.6 Å². The van der Waals surface area contributed by atoms with Crippen LogP contribution in [0.4, 0.5) is 5.69 Å². The van der Waals surface area contributed by atoms with Gasteiger partial charge < -0.3 is 15.8 Å². The number of rotatable bonds is 6. The highest BCUT2D eigenvalue weighted by Crippen LogP contribution is 2.34. The normalized spacial score (nSPS) is 15.5. The molecule has 3 N–H and O–H groups in total. The van der Waals surface area contributed by atoms with E-state index in [-0.39, 0.29) is 11.9 Å². The minimum Gasteiger partial charge on any atom is -0.492 e. The van der Waals surface area contributed by atoms with Gasteiger partial charge in [0.15, 0.2) is 0 Å². The van der Waals surface area contributed by atoms with E-state index in [1.165, 1.54) is 0 Å². The summed E-state index contributed by atoms with van der Waals surface area (Å²) in [5.74, 6) is 3.56. The maximum Gasteiger partial charge on any atom is 0.223 e. The van der Waals surface area contributed by atoms with Crippen LogP contribution in [0, 0.1) is 40.0 Å². The first kappa shape index (κ1) is 20.1. The number of nitrogen functional groups attached to an aromatic ring is 1. The Balaban J connectivity index is 1.82. The largest absolute Gasteiger partial charge is 0.492 e. The molecule has 2 rings (SSSR count). The van der Waals surface area contributed by atoms with Crippen LogP contribution >= 0.6 is 0 Å². The zero-order valence-corrected chi connectivity index (χ0v) is 16.4.